The first-order chi connectivity index (χ1) is 8.31. The molecule has 0 bridgehead atoms. The lowest BCUT2D eigenvalue weighted by atomic mass is 10.1. The molecule has 0 unspecified atom stereocenters. The fourth-order valence-electron chi connectivity index (χ4n) is 1.56. The van der Waals surface area contributed by atoms with Gasteiger partial charge in [0.15, 0.2) is 0 Å². The molecule has 1 aromatic heterocycles. The molecule has 1 heterocycles. The van der Waals surface area contributed by atoms with Crippen molar-refractivity contribution in [1.82, 2.24) is 4.57 Å². The normalized spacial score (nSPS) is 11.4. The summed E-state index contributed by atoms with van der Waals surface area (Å²) in [5.41, 5.74) is 1.13. The van der Waals surface area contributed by atoms with E-state index in [9.17, 15) is 4.79 Å². The van der Waals surface area contributed by atoms with E-state index in [0.717, 1.165) is 5.56 Å². The standard InChI is InChI=1S/C13H12N2O2/c16-13-8-4-5-9-15(13)10-12(14-17)11-6-2-1-3-7-11/h1-9,17H,10H2/b14-12-. The molecule has 0 radical (unpaired) electrons. The van der Waals surface area contributed by atoms with Crippen molar-refractivity contribution in [3.63, 3.8) is 0 Å². The molecule has 2 aromatic rings. The van der Waals surface area contributed by atoms with E-state index in [0.29, 0.717) is 5.71 Å². The molecule has 0 saturated heterocycles. The number of benzene rings is 1. The third-order valence-corrected chi connectivity index (χ3v) is 2.45. The highest BCUT2D eigenvalue weighted by Crippen LogP contribution is 2.02. The molecular weight excluding hydrogens is 216 g/mol. The molecule has 4 heteroatoms. The molecule has 0 saturated carbocycles. The first kappa shape index (κ1) is 11.1. The van der Waals surface area contributed by atoms with Crippen molar-refractivity contribution in [3.05, 3.63) is 70.6 Å². The zero-order valence-corrected chi connectivity index (χ0v) is 9.15. The largest absolute Gasteiger partial charge is 0.411 e. The fraction of sp³-hybridized carbons (Fsp3) is 0.0769. The molecular formula is C13H12N2O2. The third kappa shape index (κ3) is 2.60. The van der Waals surface area contributed by atoms with E-state index >= 15 is 0 Å². The van der Waals surface area contributed by atoms with Gasteiger partial charge < -0.3 is 9.77 Å². The Bertz CT molecular complexity index is 573. The van der Waals surface area contributed by atoms with E-state index in [-0.39, 0.29) is 12.1 Å². The van der Waals surface area contributed by atoms with Crippen LogP contribution in [0.1, 0.15) is 5.56 Å². The number of pyridine rings is 1. The Kier molecular flexibility index (Phi) is 3.35. The number of hydrogen-bond acceptors (Lipinski definition) is 3. The number of hydrogen-bond donors (Lipinski definition) is 1. The molecule has 2 rings (SSSR count). The lowest BCUT2D eigenvalue weighted by molar-refractivity contribution is 0.317. The second kappa shape index (κ2) is 5.12. The summed E-state index contributed by atoms with van der Waals surface area (Å²) in [5.74, 6) is 0. The Hall–Kier alpha value is -2.36. The Labute approximate surface area is 98.5 Å². The van der Waals surface area contributed by atoms with Crippen LogP contribution in [-0.2, 0) is 6.54 Å². The van der Waals surface area contributed by atoms with E-state index in [2.05, 4.69) is 5.16 Å². The topological polar surface area (TPSA) is 54.6 Å². The highest BCUT2D eigenvalue weighted by Gasteiger charge is 2.05. The average molecular weight is 228 g/mol. The predicted molar refractivity (Wildman–Crippen MR) is 65.5 cm³/mol. The minimum Gasteiger partial charge on any atom is -0.411 e. The second-order valence-electron chi connectivity index (χ2n) is 3.58. The van der Waals surface area contributed by atoms with E-state index in [1.54, 1.807) is 18.3 Å². The van der Waals surface area contributed by atoms with Crippen LogP contribution in [0.4, 0.5) is 0 Å². The lowest BCUT2D eigenvalue weighted by Gasteiger charge is -2.06. The second-order valence-corrected chi connectivity index (χ2v) is 3.58. The van der Waals surface area contributed by atoms with Gasteiger partial charge in [0.05, 0.1) is 6.54 Å². The Balaban J connectivity index is 2.29. The van der Waals surface area contributed by atoms with Gasteiger partial charge in [0.2, 0.25) is 0 Å². The summed E-state index contributed by atoms with van der Waals surface area (Å²) >= 11 is 0. The van der Waals surface area contributed by atoms with Gasteiger partial charge in [-0.25, -0.2) is 0 Å². The Morgan fingerprint density at radius 3 is 2.47 bits per heavy atom. The van der Waals surface area contributed by atoms with Crippen molar-refractivity contribution >= 4 is 5.71 Å². The number of aromatic nitrogens is 1. The number of nitrogens with zero attached hydrogens (tertiary/aromatic N) is 2. The number of rotatable bonds is 3. The zero-order chi connectivity index (χ0) is 12.1. The van der Waals surface area contributed by atoms with Crippen molar-refractivity contribution in [2.45, 2.75) is 6.54 Å². The summed E-state index contributed by atoms with van der Waals surface area (Å²) in [7, 11) is 0. The van der Waals surface area contributed by atoms with Crippen molar-refractivity contribution in [2.24, 2.45) is 5.16 Å². The van der Waals surface area contributed by atoms with Crippen LogP contribution in [0.5, 0.6) is 0 Å². The van der Waals surface area contributed by atoms with E-state index < -0.39 is 0 Å². The molecule has 0 aliphatic heterocycles. The van der Waals surface area contributed by atoms with E-state index in [1.807, 2.05) is 30.3 Å². The molecule has 4 nitrogen and oxygen atoms in total. The smallest absolute Gasteiger partial charge is 0.250 e. The van der Waals surface area contributed by atoms with Crippen LogP contribution >= 0.6 is 0 Å². The molecule has 0 amide bonds. The van der Waals surface area contributed by atoms with Gasteiger partial charge in [-0.3, -0.25) is 4.79 Å². The van der Waals surface area contributed by atoms with Crippen LogP contribution in [0, 0.1) is 0 Å². The van der Waals surface area contributed by atoms with Gasteiger partial charge in [-0.1, -0.05) is 41.6 Å². The SMILES string of the molecule is O=c1ccccn1C/C(=N/O)c1ccccc1. The van der Waals surface area contributed by atoms with Crippen LogP contribution in [-0.4, -0.2) is 15.5 Å². The first-order valence-electron chi connectivity index (χ1n) is 5.23. The third-order valence-electron chi connectivity index (χ3n) is 2.45. The van der Waals surface area contributed by atoms with Gasteiger partial charge in [-0.2, -0.15) is 0 Å². The Morgan fingerprint density at radius 2 is 1.82 bits per heavy atom. The predicted octanol–water partition coefficient (Wildman–Crippen LogP) is 1.73. The molecule has 86 valence electrons. The number of oxime groups is 1. The molecule has 0 fully saturated rings. The van der Waals surface area contributed by atoms with Crippen molar-refractivity contribution < 1.29 is 5.21 Å². The molecule has 0 aliphatic carbocycles. The lowest BCUT2D eigenvalue weighted by Crippen LogP contribution is -2.23. The van der Waals surface area contributed by atoms with Gasteiger partial charge in [0.25, 0.3) is 5.56 Å². The summed E-state index contributed by atoms with van der Waals surface area (Å²) in [6.45, 7) is 0.250. The van der Waals surface area contributed by atoms with Crippen LogP contribution in [0.2, 0.25) is 0 Å². The molecule has 1 N–H and O–H groups in total. The van der Waals surface area contributed by atoms with Gasteiger partial charge in [0, 0.05) is 17.8 Å². The highest BCUT2D eigenvalue weighted by molar-refractivity contribution is 5.99. The van der Waals surface area contributed by atoms with Crippen molar-refractivity contribution in [3.8, 4) is 0 Å². The quantitative estimate of drug-likeness (QED) is 0.494. The molecule has 0 atom stereocenters. The highest BCUT2D eigenvalue weighted by atomic mass is 16.4. The molecule has 0 spiro atoms. The summed E-state index contributed by atoms with van der Waals surface area (Å²) < 4.78 is 1.49. The minimum atomic E-state index is -0.121. The van der Waals surface area contributed by atoms with Crippen LogP contribution < -0.4 is 5.56 Å². The van der Waals surface area contributed by atoms with Gasteiger partial charge in [-0.15, -0.1) is 0 Å². The molecule has 1 aromatic carbocycles. The molecule has 17 heavy (non-hydrogen) atoms. The maximum absolute atomic E-state index is 11.5. The monoisotopic (exact) mass is 228 g/mol. The summed E-state index contributed by atoms with van der Waals surface area (Å²) in [5, 5.41) is 12.3. The maximum atomic E-state index is 11.5. The summed E-state index contributed by atoms with van der Waals surface area (Å²) in [6, 6.07) is 14.2. The molecule has 0 aliphatic rings. The van der Waals surface area contributed by atoms with E-state index in [4.69, 9.17) is 5.21 Å². The van der Waals surface area contributed by atoms with Crippen molar-refractivity contribution in [1.29, 1.82) is 0 Å². The maximum Gasteiger partial charge on any atom is 0.250 e. The van der Waals surface area contributed by atoms with E-state index in [1.165, 1.54) is 10.6 Å². The van der Waals surface area contributed by atoms with Crippen molar-refractivity contribution in [2.75, 3.05) is 0 Å². The minimum absolute atomic E-state index is 0.121. The van der Waals surface area contributed by atoms with Crippen LogP contribution in [0.25, 0.3) is 0 Å². The Morgan fingerprint density at radius 1 is 1.12 bits per heavy atom. The van der Waals surface area contributed by atoms with Gasteiger partial charge >= 0.3 is 0 Å². The zero-order valence-electron chi connectivity index (χ0n) is 9.15. The first-order valence-corrected chi connectivity index (χ1v) is 5.23. The summed E-state index contributed by atoms with van der Waals surface area (Å²) in [6.07, 6.45) is 1.66. The van der Waals surface area contributed by atoms with Crippen LogP contribution in [0.15, 0.2) is 64.7 Å². The fourth-order valence-corrected chi connectivity index (χ4v) is 1.56. The average Bonchev–Trinajstić information content (AvgIpc) is 2.39. The van der Waals surface area contributed by atoms with Gasteiger partial charge in [0.1, 0.15) is 5.71 Å². The van der Waals surface area contributed by atoms with Crippen LogP contribution in [0.3, 0.4) is 0 Å². The summed E-state index contributed by atoms with van der Waals surface area (Å²) in [4.78, 5) is 11.5. The van der Waals surface area contributed by atoms with Gasteiger partial charge in [-0.05, 0) is 6.07 Å².